The van der Waals surface area contributed by atoms with Gasteiger partial charge in [0.2, 0.25) is 0 Å². The van der Waals surface area contributed by atoms with Crippen LogP contribution in [0.15, 0.2) is 60.8 Å². The smallest absolute Gasteiger partial charge is 0.255 e. The number of pyridine rings is 1. The van der Waals surface area contributed by atoms with Crippen molar-refractivity contribution in [1.82, 2.24) is 4.98 Å². The molecule has 1 amide bonds. The maximum atomic E-state index is 12.2. The van der Waals surface area contributed by atoms with Crippen molar-refractivity contribution in [3.63, 3.8) is 0 Å². The van der Waals surface area contributed by atoms with E-state index >= 15 is 0 Å². The minimum absolute atomic E-state index is 0.160. The molecule has 0 bridgehead atoms. The van der Waals surface area contributed by atoms with Gasteiger partial charge in [-0.3, -0.25) is 9.78 Å². The van der Waals surface area contributed by atoms with Crippen molar-refractivity contribution in [2.24, 2.45) is 0 Å². The highest BCUT2D eigenvalue weighted by atomic mass is 16.5. The summed E-state index contributed by atoms with van der Waals surface area (Å²) in [6.45, 7) is 0. The molecule has 3 rings (SSSR count). The van der Waals surface area contributed by atoms with Crippen LogP contribution in [0.3, 0.4) is 0 Å². The molecule has 104 valence electrons. The molecule has 0 atom stereocenters. The van der Waals surface area contributed by atoms with E-state index in [1.165, 1.54) is 0 Å². The SMILES string of the molecule is COc1ccc(NC(=O)c2ccccc2)c2ncccc12. The molecular formula is C17H14N2O2. The topological polar surface area (TPSA) is 51.2 Å². The Kier molecular flexibility index (Phi) is 3.51. The Labute approximate surface area is 122 Å². The molecule has 2 aromatic carbocycles. The van der Waals surface area contributed by atoms with Crippen molar-refractivity contribution in [2.75, 3.05) is 12.4 Å². The van der Waals surface area contributed by atoms with Gasteiger partial charge in [0.1, 0.15) is 5.75 Å². The second-order valence-corrected chi connectivity index (χ2v) is 4.54. The van der Waals surface area contributed by atoms with Crippen LogP contribution in [0.4, 0.5) is 5.69 Å². The van der Waals surface area contributed by atoms with Gasteiger partial charge in [-0.25, -0.2) is 0 Å². The predicted octanol–water partition coefficient (Wildman–Crippen LogP) is 3.50. The third-order valence-electron chi connectivity index (χ3n) is 3.23. The number of nitrogens with one attached hydrogen (secondary N) is 1. The fourth-order valence-corrected chi connectivity index (χ4v) is 2.21. The molecule has 0 aliphatic heterocycles. The lowest BCUT2D eigenvalue weighted by atomic mass is 10.1. The molecule has 1 heterocycles. The minimum atomic E-state index is -0.160. The standard InChI is InChI=1S/C17H14N2O2/c1-21-15-10-9-14(16-13(15)8-5-11-18-16)19-17(20)12-6-3-2-4-7-12/h2-11H,1H3,(H,19,20). The summed E-state index contributed by atoms with van der Waals surface area (Å²) in [4.78, 5) is 16.6. The number of anilines is 1. The van der Waals surface area contributed by atoms with Gasteiger partial charge in [0, 0.05) is 17.1 Å². The Hall–Kier alpha value is -2.88. The molecule has 1 aromatic heterocycles. The fraction of sp³-hybridized carbons (Fsp3) is 0.0588. The van der Waals surface area contributed by atoms with Crippen LogP contribution in [-0.4, -0.2) is 18.0 Å². The van der Waals surface area contributed by atoms with Gasteiger partial charge in [0.25, 0.3) is 5.91 Å². The first-order valence-corrected chi connectivity index (χ1v) is 6.58. The summed E-state index contributed by atoms with van der Waals surface area (Å²) in [5.74, 6) is 0.573. The first-order chi connectivity index (χ1) is 10.3. The number of hydrogen-bond donors (Lipinski definition) is 1. The van der Waals surface area contributed by atoms with Crippen LogP contribution in [0, 0.1) is 0 Å². The molecule has 0 saturated heterocycles. The molecule has 0 radical (unpaired) electrons. The van der Waals surface area contributed by atoms with E-state index in [0.29, 0.717) is 16.8 Å². The number of methoxy groups -OCH3 is 1. The number of carbonyl (C=O) groups excluding carboxylic acids is 1. The molecule has 0 fully saturated rings. The Morgan fingerprint density at radius 3 is 2.62 bits per heavy atom. The molecular weight excluding hydrogens is 264 g/mol. The number of hydrogen-bond acceptors (Lipinski definition) is 3. The molecule has 4 heteroatoms. The highest BCUT2D eigenvalue weighted by molar-refractivity contribution is 6.09. The van der Waals surface area contributed by atoms with Gasteiger partial charge in [-0.2, -0.15) is 0 Å². The molecule has 0 unspecified atom stereocenters. The normalized spacial score (nSPS) is 10.3. The van der Waals surface area contributed by atoms with Crippen LogP contribution in [0.1, 0.15) is 10.4 Å². The van der Waals surface area contributed by atoms with Crippen molar-refractivity contribution >= 4 is 22.5 Å². The lowest BCUT2D eigenvalue weighted by Crippen LogP contribution is -2.12. The van der Waals surface area contributed by atoms with Gasteiger partial charge >= 0.3 is 0 Å². The van der Waals surface area contributed by atoms with Crippen LogP contribution in [0.2, 0.25) is 0 Å². The molecule has 0 aliphatic carbocycles. The maximum absolute atomic E-state index is 12.2. The second-order valence-electron chi connectivity index (χ2n) is 4.54. The van der Waals surface area contributed by atoms with Gasteiger partial charge in [-0.1, -0.05) is 18.2 Å². The summed E-state index contributed by atoms with van der Waals surface area (Å²) < 4.78 is 5.32. The van der Waals surface area contributed by atoms with E-state index in [2.05, 4.69) is 10.3 Å². The molecule has 0 saturated carbocycles. The molecule has 1 N–H and O–H groups in total. The predicted molar refractivity (Wildman–Crippen MR) is 82.7 cm³/mol. The summed E-state index contributed by atoms with van der Waals surface area (Å²) >= 11 is 0. The number of rotatable bonds is 3. The number of ether oxygens (including phenoxy) is 1. The van der Waals surface area contributed by atoms with Gasteiger partial charge < -0.3 is 10.1 Å². The highest BCUT2D eigenvalue weighted by Crippen LogP contribution is 2.29. The third kappa shape index (κ3) is 2.56. The van der Waals surface area contributed by atoms with E-state index in [1.807, 2.05) is 36.4 Å². The van der Waals surface area contributed by atoms with Crippen LogP contribution in [0.25, 0.3) is 10.9 Å². The van der Waals surface area contributed by atoms with E-state index in [9.17, 15) is 4.79 Å². The Morgan fingerprint density at radius 2 is 1.86 bits per heavy atom. The lowest BCUT2D eigenvalue weighted by Gasteiger charge is -2.10. The second kappa shape index (κ2) is 5.63. The van der Waals surface area contributed by atoms with Gasteiger partial charge in [-0.05, 0) is 36.4 Å². The van der Waals surface area contributed by atoms with E-state index in [1.54, 1.807) is 31.5 Å². The molecule has 0 spiro atoms. The maximum Gasteiger partial charge on any atom is 0.255 e. The largest absolute Gasteiger partial charge is 0.496 e. The summed E-state index contributed by atoms with van der Waals surface area (Å²) in [6, 6.07) is 16.5. The zero-order valence-electron chi connectivity index (χ0n) is 11.5. The van der Waals surface area contributed by atoms with Crippen molar-refractivity contribution < 1.29 is 9.53 Å². The van der Waals surface area contributed by atoms with E-state index in [0.717, 1.165) is 11.1 Å². The van der Waals surface area contributed by atoms with Crippen molar-refractivity contribution in [3.05, 3.63) is 66.4 Å². The number of aromatic nitrogens is 1. The van der Waals surface area contributed by atoms with Crippen molar-refractivity contribution in [2.45, 2.75) is 0 Å². The summed E-state index contributed by atoms with van der Waals surface area (Å²) in [6.07, 6.45) is 1.69. The first kappa shape index (κ1) is 13.1. The van der Waals surface area contributed by atoms with Crippen LogP contribution >= 0.6 is 0 Å². The van der Waals surface area contributed by atoms with Gasteiger partial charge in [0.05, 0.1) is 18.3 Å². The average Bonchev–Trinajstić information content (AvgIpc) is 2.56. The van der Waals surface area contributed by atoms with E-state index in [4.69, 9.17) is 4.74 Å². The Balaban J connectivity index is 2.00. The van der Waals surface area contributed by atoms with Crippen LogP contribution < -0.4 is 10.1 Å². The lowest BCUT2D eigenvalue weighted by molar-refractivity contribution is 0.102. The van der Waals surface area contributed by atoms with Crippen molar-refractivity contribution in [3.8, 4) is 5.75 Å². The number of fused-ring (bicyclic) bond motifs is 1. The molecule has 21 heavy (non-hydrogen) atoms. The molecule has 4 nitrogen and oxygen atoms in total. The fourth-order valence-electron chi connectivity index (χ4n) is 2.21. The van der Waals surface area contributed by atoms with Crippen molar-refractivity contribution in [1.29, 1.82) is 0 Å². The Bertz CT molecular complexity index is 785. The summed E-state index contributed by atoms with van der Waals surface area (Å²) in [5.41, 5.74) is 1.98. The van der Waals surface area contributed by atoms with Crippen LogP contribution in [0.5, 0.6) is 5.75 Å². The molecule has 0 aliphatic rings. The Morgan fingerprint density at radius 1 is 1.05 bits per heavy atom. The summed E-state index contributed by atoms with van der Waals surface area (Å²) in [5, 5.41) is 3.76. The summed E-state index contributed by atoms with van der Waals surface area (Å²) in [7, 11) is 1.62. The quantitative estimate of drug-likeness (QED) is 0.797. The number of nitrogens with zero attached hydrogens (tertiary/aromatic N) is 1. The third-order valence-corrected chi connectivity index (χ3v) is 3.23. The average molecular weight is 278 g/mol. The molecule has 3 aromatic rings. The van der Waals surface area contributed by atoms with E-state index < -0.39 is 0 Å². The zero-order valence-corrected chi connectivity index (χ0v) is 11.5. The number of amides is 1. The van der Waals surface area contributed by atoms with E-state index in [-0.39, 0.29) is 5.91 Å². The zero-order chi connectivity index (χ0) is 14.7. The highest BCUT2D eigenvalue weighted by Gasteiger charge is 2.11. The minimum Gasteiger partial charge on any atom is -0.496 e. The van der Waals surface area contributed by atoms with Gasteiger partial charge in [-0.15, -0.1) is 0 Å². The first-order valence-electron chi connectivity index (χ1n) is 6.58. The van der Waals surface area contributed by atoms with Crippen LogP contribution in [-0.2, 0) is 0 Å². The monoisotopic (exact) mass is 278 g/mol. The number of benzene rings is 2. The van der Waals surface area contributed by atoms with Gasteiger partial charge in [0.15, 0.2) is 0 Å². The number of carbonyl (C=O) groups is 1.